The van der Waals surface area contributed by atoms with E-state index in [2.05, 4.69) is 9.88 Å². The van der Waals surface area contributed by atoms with Crippen LogP contribution in [0.3, 0.4) is 0 Å². The van der Waals surface area contributed by atoms with Crippen LogP contribution >= 0.6 is 0 Å². The largest absolute Gasteiger partial charge is 0.490 e. The molecule has 0 aliphatic carbocycles. The lowest BCUT2D eigenvalue weighted by Crippen LogP contribution is -2.47. The molecular weight excluding hydrogens is 424 g/mol. The summed E-state index contributed by atoms with van der Waals surface area (Å²) in [5, 5.41) is 7.12. The number of nitrogens with zero attached hydrogens (tertiary/aromatic N) is 2. The number of pyridine rings is 1. The van der Waals surface area contributed by atoms with Gasteiger partial charge in [0.2, 0.25) is 0 Å². The summed E-state index contributed by atoms with van der Waals surface area (Å²) in [6, 6.07) is 6.82. The van der Waals surface area contributed by atoms with E-state index in [0.717, 1.165) is 44.7 Å². The molecule has 7 nitrogen and oxygen atoms in total. The Bertz CT molecular complexity index is 862. The van der Waals surface area contributed by atoms with E-state index in [-0.39, 0.29) is 17.6 Å². The molecule has 2 aliphatic heterocycles. The van der Waals surface area contributed by atoms with Crippen LogP contribution in [0.4, 0.5) is 17.6 Å². The van der Waals surface area contributed by atoms with E-state index in [1.165, 1.54) is 12.3 Å². The van der Waals surface area contributed by atoms with E-state index in [9.17, 15) is 17.6 Å². The molecule has 170 valence electrons. The second-order valence-electron chi connectivity index (χ2n) is 7.42. The van der Waals surface area contributed by atoms with Gasteiger partial charge in [-0.1, -0.05) is 0 Å². The maximum absolute atomic E-state index is 13.7. The summed E-state index contributed by atoms with van der Waals surface area (Å²) in [7, 11) is 0. The Kier molecular flexibility index (Phi) is 7.16. The zero-order valence-electron chi connectivity index (χ0n) is 16.5. The highest BCUT2D eigenvalue weighted by molar-refractivity contribution is 5.73. The van der Waals surface area contributed by atoms with Crippen molar-refractivity contribution in [2.45, 2.75) is 43.7 Å². The molecule has 0 amide bonds. The minimum atomic E-state index is -5.08. The fourth-order valence-electron chi connectivity index (χ4n) is 3.73. The van der Waals surface area contributed by atoms with Gasteiger partial charge in [-0.15, -0.1) is 0 Å². The van der Waals surface area contributed by atoms with Crippen molar-refractivity contribution >= 4 is 5.97 Å². The highest BCUT2D eigenvalue weighted by Crippen LogP contribution is 2.36. The van der Waals surface area contributed by atoms with Crippen molar-refractivity contribution in [3.05, 3.63) is 48.3 Å². The minimum Gasteiger partial charge on any atom is -0.475 e. The van der Waals surface area contributed by atoms with Crippen LogP contribution in [0.5, 0.6) is 5.88 Å². The predicted molar refractivity (Wildman–Crippen MR) is 98.8 cm³/mol. The lowest BCUT2D eigenvalue weighted by Gasteiger charge is -2.39. The van der Waals surface area contributed by atoms with Crippen LogP contribution in [-0.4, -0.2) is 58.5 Å². The summed E-state index contributed by atoms with van der Waals surface area (Å²) in [6.45, 7) is 3.15. The number of piperidine rings is 1. The number of carboxylic acids is 1. The van der Waals surface area contributed by atoms with Crippen molar-refractivity contribution < 1.29 is 41.4 Å². The van der Waals surface area contributed by atoms with Crippen LogP contribution < -0.4 is 4.74 Å². The van der Waals surface area contributed by atoms with Gasteiger partial charge < -0.3 is 19.0 Å². The zero-order chi connectivity index (χ0) is 22.5. The molecular formula is C20H22F4N2O5. The van der Waals surface area contributed by atoms with Crippen LogP contribution in [0.25, 0.3) is 0 Å². The lowest BCUT2D eigenvalue weighted by atomic mass is 9.89. The van der Waals surface area contributed by atoms with Gasteiger partial charge in [0.25, 0.3) is 5.88 Å². The summed E-state index contributed by atoms with van der Waals surface area (Å²) < 4.78 is 62.7. The third-order valence-corrected chi connectivity index (χ3v) is 5.00. The van der Waals surface area contributed by atoms with E-state index >= 15 is 0 Å². The summed E-state index contributed by atoms with van der Waals surface area (Å²) >= 11 is 0. The minimum absolute atomic E-state index is 0.0615. The van der Waals surface area contributed by atoms with Crippen LogP contribution in [-0.2, 0) is 16.1 Å². The van der Waals surface area contributed by atoms with Crippen LogP contribution in [0, 0.1) is 5.82 Å². The number of likely N-dealkylation sites (tertiary alicyclic amines) is 1. The Hall–Kier alpha value is -2.66. The van der Waals surface area contributed by atoms with Crippen molar-refractivity contribution in [1.82, 2.24) is 9.88 Å². The maximum Gasteiger partial charge on any atom is 0.490 e. The zero-order valence-corrected chi connectivity index (χ0v) is 16.5. The number of carboxylic acid groups (broad SMARTS) is 1. The molecule has 2 aliphatic rings. The molecule has 0 aromatic carbocycles. The molecule has 4 rings (SSSR count). The van der Waals surface area contributed by atoms with Gasteiger partial charge in [0, 0.05) is 19.2 Å². The Morgan fingerprint density at radius 1 is 1.35 bits per heavy atom. The normalized spacial score (nSPS) is 23.9. The Morgan fingerprint density at radius 2 is 2.13 bits per heavy atom. The molecule has 0 bridgehead atoms. The molecule has 1 spiro atoms. The van der Waals surface area contributed by atoms with Gasteiger partial charge in [0.15, 0.2) is 5.82 Å². The summed E-state index contributed by atoms with van der Waals surface area (Å²) in [5.41, 5.74) is -0.208. The molecule has 2 saturated heterocycles. The smallest absolute Gasteiger partial charge is 0.475 e. The first-order valence-corrected chi connectivity index (χ1v) is 9.63. The molecule has 2 aromatic rings. The molecule has 11 heteroatoms. The van der Waals surface area contributed by atoms with E-state index in [1.54, 1.807) is 12.3 Å². The Balaban J connectivity index is 0.000000339. The summed E-state index contributed by atoms with van der Waals surface area (Å²) in [4.78, 5) is 15.2. The van der Waals surface area contributed by atoms with Crippen molar-refractivity contribution in [2.24, 2.45) is 0 Å². The number of carbonyl (C=O) groups is 1. The number of hydrogen-bond acceptors (Lipinski definition) is 6. The highest BCUT2D eigenvalue weighted by atomic mass is 19.4. The van der Waals surface area contributed by atoms with Gasteiger partial charge in [-0.3, -0.25) is 4.90 Å². The van der Waals surface area contributed by atoms with Crippen LogP contribution in [0.1, 0.15) is 25.0 Å². The van der Waals surface area contributed by atoms with Crippen molar-refractivity contribution in [1.29, 1.82) is 0 Å². The standard InChI is InChI=1S/C18H21FN2O3.C2HF3O2/c19-16-5-1-7-20-17(16)24-15-10-18(23-12-15)6-3-8-21(13-18)11-14-4-2-9-22-14;3-2(4,5)1(6)7/h1-2,4-5,7,9,15H,3,6,8,10-13H2;(H,6,7)/t15-,18-;/m0./s1. The molecule has 1 N–H and O–H groups in total. The third-order valence-electron chi connectivity index (χ3n) is 5.00. The van der Waals surface area contributed by atoms with Gasteiger partial charge in [0.05, 0.1) is 25.0 Å². The van der Waals surface area contributed by atoms with Gasteiger partial charge in [-0.25, -0.2) is 14.2 Å². The molecule has 2 fully saturated rings. The van der Waals surface area contributed by atoms with E-state index in [0.29, 0.717) is 6.61 Å². The third kappa shape index (κ3) is 6.41. The first-order valence-electron chi connectivity index (χ1n) is 9.63. The molecule has 2 aromatic heterocycles. The Labute approximate surface area is 175 Å². The summed E-state index contributed by atoms with van der Waals surface area (Å²) in [6.07, 6.45) is 0.843. The van der Waals surface area contributed by atoms with Crippen molar-refractivity contribution in [3.63, 3.8) is 0 Å². The predicted octanol–water partition coefficient (Wildman–Crippen LogP) is 3.65. The van der Waals surface area contributed by atoms with Crippen LogP contribution in [0.15, 0.2) is 41.1 Å². The SMILES string of the molecule is Fc1cccnc1O[C@@H]1CO[C@@]2(CCCN(Cc3ccco3)C2)C1.O=C(O)C(F)(F)F. The van der Waals surface area contributed by atoms with Gasteiger partial charge in [0.1, 0.15) is 11.9 Å². The number of aliphatic carboxylic acids is 1. The first kappa shape index (κ1) is 23.0. The molecule has 0 radical (unpaired) electrons. The van der Waals surface area contributed by atoms with Crippen molar-refractivity contribution in [2.75, 3.05) is 19.7 Å². The maximum atomic E-state index is 13.7. The molecule has 0 saturated carbocycles. The van der Waals surface area contributed by atoms with E-state index in [4.69, 9.17) is 23.8 Å². The van der Waals surface area contributed by atoms with Gasteiger partial charge >= 0.3 is 12.1 Å². The topological polar surface area (TPSA) is 85.0 Å². The van der Waals surface area contributed by atoms with Crippen molar-refractivity contribution in [3.8, 4) is 5.88 Å². The number of alkyl halides is 3. The number of hydrogen-bond donors (Lipinski definition) is 1. The molecule has 4 heterocycles. The number of furan rings is 1. The fourth-order valence-corrected chi connectivity index (χ4v) is 3.73. The van der Waals surface area contributed by atoms with Crippen LogP contribution in [0.2, 0.25) is 0 Å². The highest BCUT2D eigenvalue weighted by Gasteiger charge is 2.44. The van der Waals surface area contributed by atoms with Gasteiger partial charge in [-0.2, -0.15) is 13.2 Å². The monoisotopic (exact) mass is 446 g/mol. The summed E-state index contributed by atoms with van der Waals surface area (Å²) in [5.74, 6) is -2.16. The number of ether oxygens (including phenoxy) is 2. The van der Waals surface area contributed by atoms with E-state index in [1.807, 2.05) is 12.1 Å². The number of halogens is 4. The molecule has 0 unspecified atom stereocenters. The van der Waals surface area contributed by atoms with Gasteiger partial charge in [-0.05, 0) is 43.7 Å². The average Bonchev–Trinajstić information content (AvgIpc) is 3.34. The quantitative estimate of drug-likeness (QED) is 0.718. The Morgan fingerprint density at radius 3 is 2.77 bits per heavy atom. The molecule has 2 atom stereocenters. The number of rotatable bonds is 4. The first-order chi connectivity index (χ1) is 14.7. The fraction of sp³-hybridized carbons (Fsp3) is 0.500. The van der Waals surface area contributed by atoms with E-state index < -0.39 is 18.0 Å². The average molecular weight is 446 g/mol. The lowest BCUT2D eigenvalue weighted by molar-refractivity contribution is -0.192. The molecule has 31 heavy (non-hydrogen) atoms. The second kappa shape index (κ2) is 9.65. The number of aromatic nitrogens is 1. The second-order valence-corrected chi connectivity index (χ2v) is 7.42.